The second-order valence-corrected chi connectivity index (χ2v) is 4.96. The van der Waals surface area contributed by atoms with Crippen LogP contribution in [0.5, 0.6) is 0 Å². The van der Waals surface area contributed by atoms with Crippen LogP contribution in [-0.4, -0.2) is 5.78 Å². The standard InChI is InChI=1S/C14H19NO/c1-10(8-14(16)9-11-2-3-11)12-4-6-13(15)7-5-12/h4-7,10-11H,2-3,8-9,15H2,1H3. The first-order valence-corrected chi connectivity index (χ1v) is 6.02. The summed E-state index contributed by atoms with van der Waals surface area (Å²) >= 11 is 0. The van der Waals surface area contributed by atoms with E-state index in [0.29, 0.717) is 24.0 Å². The molecule has 0 heterocycles. The van der Waals surface area contributed by atoms with E-state index in [1.54, 1.807) is 0 Å². The minimum atomic E-state index is 0.312. The molecule has 0 aliphatic heterocycles. The first kappa shape index (κ1) is 11.2. The molecular weight excluding hydrogens is 198 g/mol. The molecule has 2 N–H and O–H groups in total. The molecule has 0 radical (unpaired) electrons. The van der Waals surface area contributed by atoms with Crippen molar-refractivity contribution >= 4 is 11.5 Å². The third-order valence-electron chi connectivity index (χ3n) is 3.25. The fraction of sp³-hybridized carbons (Fsp3) is 0.500. The van der Waals surface area contributed by atoms with Gasteiger partial charge in [0.1, 0.15) is 5.78 Å². The largest absolute Gasteiger partial charge is 0.399 e. The molecule has 0 bridgehead atoms. The van der Waals surface area contributed by atoms with Gasteiger partial charge < -0.3 is 5.73 Å². The second-order valence-electron chi connectivity index (χ2n) is 4.96. The minimum Gasteiger partial charge on any atom is -0.399 e. The number of rotatable bonds is 5. The van der Waals surface area contributed by atoms with E-state index >= 15 is 0 Å². The zero-order valence-corrected chi connectivity index (χ0v) is 9.78. The van der Waals surface area contributed by atoms with Crippen LogP contribution in [0.3, 0.4) is 0 Å². The van der Waals surface area contributed by atoms with Crippen molar-refractivity contribution < 1.29 is 4.79 Å². The summed E-state index contributed by atoms with van der Waals surface area (Å²) < 4.78 is 0. The van der Waals surface area contributed by atoms with Crippen LogP contribution in [0.15, 0.2) is 24.3 Å². The average Bonchev–Trinajstić information content (AvgIpc) is 3.02. The zero-order chi connectivity index (χ0) is 11.5. The van der Waals surface area contributed by atoms with E-state index in [2.05, 4.69) is 6.92 Å². The van der Waals surface area contributed by atoms with Crippen molar-refractivity contribution in [2.24, 2.45) is 5.92 Å². The summed E-state index contributed by atoms with van der Waals surface area (Å²) in [5.41, 5.74) is 7.62. The molecule has 0 spiro atoms. The maximum absolute atomic E-state index is 11.7. The highest BCUT2D eigenvalue weighted by atomic mass is 16.1. The molecule has 1 aliphatic rings. The van der Waals surface area contributed by atoms with E-state index in [0.717, 1.165) is 12.1 Å². The molecule has 2 nitrogen and oxygen atoms in total. The van der Waals surface area contributed by atoms with Crippen molar-refractivity contribution in [1.82, 2.24) is 0 Å². The lowest BCUT2D eigenvalue weighted by Crippen LogP contribution is -2.05. The number of anilines is 1. The Morgan fingerprint density at radius 2 is 2.00 bits per heavy atom. The number of nitrogens with two attached hydrogens (primary N) is 1. The molecule has 1 unspecified atom stereocenters. The third-order valence-corrected chi connectivity index (χ3v) is 3.25. The summed E-state index contributed by atoms with van der Waals surface area (Å²) in [4.78, 5) is 11.7. The Morgan fingerprint density at radius 3 is 2.56 bits per heavy atom. The molecule has 0 aromatic heterocycles. The van der Waals surface area contributed by atoms with Crippen LogP contribution >= 0.6 is 0 Å². The summed E-state index contributed by atoms with van der Waals surface area (Å²) in [7, 11) is 0. The van der Waals surface area contributed by atoms with E-state index in [9.17, 15) is 4.79 Å². The lowest BCUT2D eigenvalue weighted by Gasteiger charge is -2.11. The Morgan fingerprint density at radius 1 is 1.38 bits per heavy atom. The number of Topliss-reactive ketones (excluding diaryl/α,β-unsaturated/α-hetero) is 1. The SMILES string of the molecule is CC(CC(=O)CC1CC1)c1ccc(N)cc1. The number of carbonyl (C=O) groups is 1. The Balaban J connectivity index is 1.88. The number of nitrogen functional groups attached to an aromatic ring is 1. The third kappa shape index (κ3) is 3.09. The van der Waals surface area contributed by atoms with Crippen LogP contribution in [0.4, 0.5) is 5.69 Å². The fourth-order valence-electron chi connectivity index (χ4n) is 2.01. The van der Waals surface area contributed by atoms with Gasteiger partial charge in [0.15, 0.2) is 0 Å². The molecule has 1 aromatic carbocycles. The summed E-state index contributed by atoms with van der Waals surface area (Å²) in [6.45, 7) is 2.11. The fourth-order valence-corrected chi connectivity index (χ4v) is 2.01. The summed E-state index contributed by atoms with van der Waals surface area (Å²) in [6, 6.07) is 7.84. The first-order valence-electron chi connectivity index (χ1n) is 6.02. The van der Waals surface area contributed by atoms with Crippen LogP contribution in [0.25, 0.3) is 0 Å². The Kier molecular flexibility index (Phi) is 3.28. The Hall–Kier alpha value is -1.31. The molecule has 86 valence electrons. The number of benzene rings is 1. The van der Waals surface area contributed by atoms with Gasteiger partial charge in [-0.15, -0.1) is 0 Å². The molecule has 1 aliphatic carbocycles. The Labute approximate surface area is 96.8 Å². The van der Waals surface area contributed by atoms with Crippen LogP contribution in [-0.2, 0) is 4.79 Å². The van der Waals surface area contributed by atoms with Crippen LogP contribution in [0.2, 0.25) is 0 Å². The highest BCUT2D eigenvalue weighted by molar-refractivity contribution is 5.79. The van der Waals surface area contributed by atoms with Gasteiger partial charge in [-0.3, -0.25) is 4.79 Å². The molecule has 1 fully saturated rings. The highest BCUT2D eigenvalue weighted by Gasteiger charge is 2.25. The molecular formula is C14H19NO. The molecule has 16 heavy (non-hydrogen) atoms. The van der Waals surface area contributed by atoms with Gasteiger partial charge in [-0.05, 0) is 42.4 Å². The number of hydrogen-bond acceptors (Lipinski definition) is 2. The Bertz CT molecular complexity index is 365. The van der Waals surface area contributed by atoms with E-state index < -0.39 is 0 Å². The molecule has 0 saturated heterocycles. The molecule has 0 amide bonds. The van der Waals surface area contributed by atoms with Crippen molar-refractivity contribution in [3.8, 4) is 0 Å². The number of ketones is 1. The van der Waals surface area contributed by atoms with Crippen molar-refractivity contribution in [3.63, 3.8) is 0 Å². The lowest BCUT2D eigenvalue weighted by atomic mass is 9.94. The van der Waals surface area contributed by atoms with Gasteiger partial charge in [0.25, 0.3) is 0 Å². The van der Waals surface area contributed by atoms with Gasteiger partial charge in [-0.25, -0.2) is 0 Å². The van der Waals surface area contributed by atoms with Gasteiger partial charge in [-0.2, -0.15) is 0 Å². The number of carbonyl (C=O) groups excluding carboxylic acids is 1. The molecule has 2 rings (SSSR count). The van der Waals surface area contributed by atoms with Crippen LogP contribution < -0.4 is 5.73 Å². The average molecular weight is 217 g/mol. The highest BCUT2D eigenvalue weighted by Crippen LogP contribution is 2.34. The van der Waals surface area contributed by atoms with Crippen molar-refractivity contribution in [1.29, 1.82) is 0 Å². The van der Waals surface area contributed by atoms with Crippen molar-refractivity contribution in [2.45, 2.75) is 38.5 Å². The van der Waals surface area contributed by atoms with Crippen LogP contribution in [0.1, 0.15) is 44.1 Å². The summed E-state index contributed by atoms with van der Waals surface area (Å²) in [6.07, 6.45) is 3.96. The maximum atomic E-state index is 11.7. The summed E-state index contributed by atoms with van der Waals surface area (Å²) in [5.74, 6) is 1.42. The monoisotopic (exact) mass is 217 g/mol. The van der Waals surface area contributed by atoms with Crippen molar-refractivity contribution in [3.05, 3.63) is 29.8 Å². The number of hydrogen-bond donors (Lipinski definition) is 1. The van der Waals surface area contributed by atoms with E-state index in [1.807, 2.05) is 24.3 Å². The van der Waals surface area contributed by atoms with E-state index in [-0.39, 0.29) is 0 Å². The van der Waals surface area contributed by atoms with Crippen LogP contribution in [0, 0.1) is 5.92 Å². The molecule has 2 heteroatoms. The second kappa shape index (κ2) is 4.69. The predicted octanol–water partition coefficient (Wildman–Crippen LogP) is 3.13. The quantitative estimate of drug-likeness (QED) is 0.770. The van der Waals surface area contributed by atoms with Crippen molar-refractivity contribution in [2.75, 3.05) is 5.73 Å². The van der Waals surface area contributed by atoms with Gasteiger partial charge in [0, 0.05) is 18.5 Å². The normalized spacial score (nSPS) is 17.1. The zero-order valence-electron chi connectivity index (χ0n) is 9.78. The molecule has 1 atom stereocenters. The first-order chi connectivity index (χ1) is 7.65. The maximum Gasteiger partial charge on any atom is 0.133 e. The summed E-state index contributed by atoms with van der Waals surface area (Å²) in [5, 5.41) is 0. The van der Waals surface area contributed by atoms with Gasteiger partial charge in [0.05, 0.1) is 0 Å². The molecule has 1 saturated carbocycles. The van der Waals surface area contributed by atoms with Gasteiger partial charge in [-0.1, -0.05) is 19.1 Å². The minimum absolute atomic E-state index is 0.312. The van der Waals surface area contributed by atoms with Gasteiger partial charge in [0.2, 0.25) is 0 Å². The predicted molar refractivity (Wildman–Crippen MR) is 66.2 cm³/mol. The lowest BCUT2D eigenvalue weighted by molar-refractivity contribution is -0.119. The molecule has 1 aromatic rings. The topological polar surface area (TPSA) is 43.1 Å². The van der Waals surface area contributed by atoms with E-state index in [4.69, 9.17) is 5.73 Å². The van der Waals surface area contributed by atoms with Gasteiger partial charge >= 0.3 is 0 Å². The van der Waals surface area contributed by atoms with E-state index in [1.165, 1.54) is 18.4 Å². The smallest absolute Gasteiger partial charge is 0.133 e.